The van der Waals surface area contributed by atoms with Gasteiger partial charge in [-0.25, -0.2) is 0 Å². The maximum atomic E-state index is 13.9. The second kappa shape index (κ2) is 9.02. The molecule has 1 spiro atoms. The molecule has 0 radical (unpaired) electrons. The van der Waals surface area contributed by atoms with Crippen LogP contribution in [-0.2, 0) is 22.6 Å². The Labute approximate surface area is 192 Å². The third-order valence-corrected chi connectivity index (χ3v) is 7.27. The summed E-state index contributed by atoms with van der Waals surface area (Å²) in [5.41, 5.74) is 1.26. The lowest BCUT2D eigenvalue weighted by atomic mass is 9.83. The number of morpholine rings is 1. The molecule has 166 valence electrons. The number of likely N-dealkylation sites (tertiary alicyclic amines) is 1. The normalized spacial score (nSPS) is 23.7. The van der Waals surface area contributed by atoms with Gasteiger partial charge in [0, 0.05) is 55.9 Å². The van der Waals surface area contributed by atoms with E-state index in [0.717, 1.165) is 30.0 Å². The largest absolute Gasteiger partial charge is 0.497 e. The summed E-state index contributed by atoms with van der Waals surface area (Å²) in [5, 5.41) is 2.10. The van der Waals surface area contributed by atoms with Gasteiger partial charge in [-0.15, -0.1) is 11.3 Å². The van der Waals surface area contributed by atoms with Crippen molar-refractivity contribution in [2.45, 2.75) is 24.6 Å². The van der Waals surface area contributed by atoms with Crippen LogP contribution in [0.1, 0.15) is 21.9 Å². The number of pyridine rings is 1. The number of carbonyl (C=O) groups is 1. The summed E-state index contributed by atoms with van der Waals surface area (Å²) in [6.07, 6.45) is 3.65. The van der Waals surface area contributed by atoms with Crippen LogP contribution in [0.5, 0.6) is 5.75 Å². The van der Waals surface area contributed by atoms with Gasteiger partial charge in [0.15, 0.2) is 5.60 Å². The van der Waals surface area contributed by atoms with E-state index in [0.29, 0.717) is 26.2 Å². The first-order valence-electron chi connectivity index (χ1n) is 10.9. The maximum Gasteiger partial charge on any atom is 0.257 e. The van der Waals surface area contributed by atoms with Gasteiger partial charge in [-0.1, -0.05) is 24.3 Å². The van der Waals surface area contributed by atoms with Gasteiger partial charge < -0.3 is 14.4 Å². The summed E-state index contributed by atoms with van der Waals surface area (Å²) >= 11 is 1.75. The number of thiophene rings is 1. The van der Waals surface area contributed by atoms with Gasteiger partial charge in [0.05, 0.1) is 13.7 Å². The second-order valence-electron chi connectivity index (χ2n) is 8.40. The van der Waals surface area contributed by atoms with Crippen LogP contribution in [-0.4, -0.2) is 59.6 Å². The Balaban J connectivity index is 1.42. The molecule has 0 N–H and O–H groups in total. The van der Waals surface area contributed by atoms with Crippen molar-refractivity contribution in [3.05, 3.63) is 82.3 Å². The first-order chi connectivity index (χ1) is 15.7. The van der Waals surface area contributed by atoms with E-state index >= 15 is 0 Å². The first kappa shape index (κ1) is 21.1. The highest BCUT2D eigenvalue weighted by Gasteiger charge is 2.57. The first-order valence-corrected chi connectivity index (χ1v) is 11.8. The molecule has 7 heteroatoms. The Morgan fingerprint density at radius 3 is 2.78 bits per heavy atom. The number of hydrogen-bond acceptors (Lipinski definition) is 6. The highest BCUT2D eigenvalue weighted by Crippen LogP contribution is 2.42. The standard InChI is InChI=1S/C25H27N3O3S/c1-30-21-8-6-19(7-9-21)15-28-11-12-31-25(24(28)29)18-27(16-22-5-3-13-32-22)17-23(25)20-4-2-10-26-14-20/h2-10,13-14,23H,11-12,15-18H2,1H3/t23-,25+/m1/s1. The number of carbonyl (C=O) groups excluding carboxylic acids is 1. The Morgan fingerprint density at radius 2 is 2.06 bits per heavy atom. The van der Waals surface area contributed by atoms with Crippen LogP contribution in [0.4, 0.5) is 0 Å². The Morgan fingerprint density at radius 1 is 1.19 bits per heavy atom. The zero-order valence-corrected chi connectivity index (χ0v) is 19.0. The molecule has 32 heavy (non-hydrogen) atoms. The van der Waals surface area contributed by atoms with E-state index < -0.39 is 5.60 Å². The van der Waals surface area contributed by atoms with E-state index in [-0.39, 0.29) is 11.8 Å². The van der Waals surface area contributed by atoms with Crippen molar-refractivity contribution in [2.75, 3.05) is 33.4 Å². The molecule has 5 rings (SSSR count). The molecule has 0 unspecified atom stereocenters. The van der Waals surface area contributed by atoms with E-state index in [4.69, 9.17) is 9.47 Å². The summed E-state index contributed by atoms with van der Waals surface area (Å²) in [7, 11) is 1.66. The predicted octanol–water partition coefficient (Wildman–Crippen LogP) is 3.55. The van der Waals surface area contributed by atoms with Crippen molar-refractivity contribution in [3.63, 3.8) is 0 Å². The van der Waals surface area contributed by atoms with Crippen molar-refractivity contribution < 1.29 is 14.3 Å². The van der Waals surface area contributed by atoms with Crippen molar-refractivity contribution in [2.24, 2.45) is 0 Å². The maximum absolute atomic E-state index is 13.9. The highest BCUT2D eigenvalue weighted by atomic mass is 32.1. The number of aromatic nitrogens is 1. The number of hydrogen-bond donors (Lipinski definition) is 0. The van der Waals surface area contributed by atoms with Gasteiger partial charge >= 0.3 is 0 Å². The van der Waals surface area contributed by atoms with Crippen LogP contribution in [0.15, 0.2) is 66.3 Å². The average molecular weight is 450 g/mol. The molecule has 1 aromatic carbocycles. The number of methoxy groups -OCH3 is 1. The number of benzene rings is 1. The molecule has 1 amide bonds. The van der Waals surface area contributed by atoms with Crippen LogP contribution < -0.4 is 4.74 Å². The van der Waals surface area contributed by atoms with Gasteiger partial charge in [-0.05, 0) is 40.8 Å². The zero-order chi connectivity index (χ0) is 22.0. The molecule has 0 aliphatic carbocycles. The molecule has 2 aromatic heterocycles. The van der Waals surface area contributed by atoms with Crippen LogP contribution >= 0.6 is 11.3 Å². The Bertz CT molecular complexity index is 1040. The van der Waals surface area contributed by atoms with E-state index in [1.54, 1.807) is 24.6 Å². The molecule has 4 heterocycles. The molecule has 2 aliphatic rings. The van der Waals surface area contributed by atoms with Crippen LogP contribution in [0.2, 0.25) is 0 Å². The predicted molar refractivity (Wildman–Crippen MR) is 124 cm³/mol. The van der Waals surface area contributed by atoms with Crippen molar-refractivity contribution in [3.8, 4) is 5.75 Å². The number of nitrogens with zero attached hydrogens (tertiary/aromatic N) is 3. The van der Waals surface area contributed by atoms with Gasteiger partial charge in [0.2, 0.25) is 0 Å². The van der Waals surface area contributed by atoms with Crippen molar-refractivity contribution in [1.29, 1.82) is 0 Å². The fourth-order valence-corrected chi connectivity index (χ4v) is 5.59. The second-order valence-corrected chi connectivity index (χ2v) is 9.43. The quantitative estimate of drug-likeness (QED) is 0.576. The minimum Gasteiger partial charge on any atom is -0.497 e. The summed E-state index contributed by atoms with van der Waals surface area (Å²) in [4.78, 5) is 23.9. The third-order valence-electron chi connectivity index (χ3n) is 6.41. The van der Waals surface area contributed by atoms with E-state index in [1.165, 1.54) is 4.88 Å². The fraction of sp³-hybridized carbons (Fsp3) is 0.360. The fourth-order valence-electron chi connectivity index (χ4n) is 4.85. The molecule has 2 saturated heterocycles. The monoisotopic (exact) mass is 449 g/mol. The Hall–Kier alpha value is -2.74. The van der Waals surface area contributed by atoms with E-state index in [1.807, 2.05) is 41.4 Å². The molecule has 2 fully saturated rings. The summed E-state index contributed by atoms with van der Waals surface area (Å²) in [6.45, 7) is 3.88. The van der Waals surface area contributed by atoms with Crippen molar-refractivity contribution >= 4 is 17.2 Å². The SMILES string of the molecule is COc1ccc(CN2CCO[C@]3(CN(Cc4cccs4)C[C@@H]3c3cccnc3)C2=O)cc1. The zero-order valence-electron chi connectivity index (χ0n) is 18.1. The minimum absolute atomic E-state index is 0.0534. The number of rotatable bonds is 6. The Kier molecular flexibility index (Phi) is 5.95. The van der Waals surface area contributed by atoms with Gasteiger partial charge in [-0.3, -0.25) is 14.7 Å². The van der Waals surface area contributed by atoms with Crippen molar-refractivity contribution in [1.82, 2.24) is 14.8 Å². The summed E-state index contributed by atoms with van der Waals surface area (Å²) < 4.78 is 11.6. The summed E-state index contributed by atoms with van der Waals surface area (Å²) in [6, 6.07) is 16.1. The lowest BCUT2D eigenvalue weighted by molar-refractivity contribution is -0.173. The molecular weight excluding hydrogens is 422 g/mol. The smallest absolute Gasteiger partial charge is 0.257 e. The third kappa shape index (κ3) is 4.03. The number of amides is 1. The lowest BCUT2D eigenvalue weighted by Gasteiger charge is -2.42. The van der Waals surface area contributed by atoms with E-state index in [9.17, 15) is 4.79 Å². The lowest BCUT2D eigenvalue weighted by Crippen LogP contribution is -2.59. The highest BCUT2D eigenvalue weighted by molar-refractivity contribution is 7.09. The molecule has 0 bridgehead atoms. The summed E-state index contributed by atoms with van der Waals surface area (Å²) in [5.74, 6) is 0.833. The molecular formula is C25H27N3O3S. The van der Waals surface area contributed by atoms with Gasteiger partial charge in [-0.2, -0.15) is 0 Å². The molecule has 2 aliphatic heterocycles. The van der Waals surface area contributed by atoms with E-state index in [2.05, 4.69) is 33.5 Å². The molecule has 3 aromatic rings. The average Bonchev–Trinajstić information content (AvgIpc) is 3.47. The molecule has 0 saturated carbocycles. The topological polar surface area (TPSA) is 54.9 Å². The van der Waals surface area contributed by atoms with Crippen LogP contribution in [0, 0.1) is 0 Å². The van der Waals surface area contributed by atoms with Crippen LogP contribution in [0.25, 0.3) is 0 Å². The van der Waals surface area contributed by atoms with Crippen LogP contribution in [0.3, 0.4) is 0 Å². The molecule has 2 atom stereocenters. The molecule has 6 nitrogen and oxygen atoms in total. The van der Waals surface area contributed by atoms with Gasteiger partial charge in [0.1, 0.15) is 5.75 Å². The minimum atomic E-state index is -0.884. The number of ether oxygens (including phenoxy) is 2. The van der Waals surface area contributed by atoms with Gasteiger partial charge in [0.25, 0.3) is 5.91 Å².